The average Bonchev–Trinajstić information content (AvgIpc) is 3.14. The van der Waals surface area contributed by atoms with Gasteiger partial charge in [0, 0.05) is 56.7 Å². The molecule has 0 amide bonds. The van der Waals surface area contributed by atoms with Crippen molar-refractivity contribution in [2.45, 2.75) is 186 Å². The Morgan fingerprint density at radius 1 is 0.982 bits per heavy atom. The van der Waals surface area contributed by atoms with E-state index in [4.69, 9.17) is 45.0 Å². The topological polar surface area (TPSA) is 210 Å². The number of aliphatic hydroxyl groups excluding tert-OH is 3. The number of nitrogens with zero attached hydrogens (tertiary/aromatic N) is 1. The standard InChI is InChI=1S/C41H72N2O13/c1-14-17-18-43(12)28-19-23(5)52-38(32(28)44)56-36-25(7)33(55-30-21-40(11,50-13)35(46)27(9)53-30)26(8)37(47)54-29(15-2)41(49,51-16-3)34(45)24(6)31(42)22(4)20-39(36,10)48/h1,22-30,32-36,38,42,44-46,48-49H,15-21H2,2-13H3/t22-,23-,24+,25+,26-,27+,28+,29-,30?,32-,33+,34-,35+,36-,38+,39-,40-,41+/m1/s1. The number of hydrogen-bond acceptors (Lipinski definition) is 15. The summed E-state index contributed by atoms with van der Waals surface area (Å²) in [6.45, 7) is 17.3. The molecule has 1 unspecified atom stereocenters. The molecule has 0 aliphatic carbocycles. The lowest BCUT2D eigenvalue weighted by molar-refractivity contribution is -0.321. The number of ether oxygens (including phenoxy) is 7. The summed E-state index contributed by atoms with van der Waals surface area (Å²) >= 11 is 0. The summed E-state index contributed by atoms with van der Waals surface area (Å²) in [5, 5.41) is 68.0. The quantitative estimate of drug-likeness (QED) is 0.101. The Bertz CT molecular complexity index is 1330. The second-order valence-corrected chi connectivity index (χ2v) is 17.0. The Kier molecular flexibility index (Phi) is 17.3. The maximum atomic E-state index is 14.3. The maximum Gasteiger partial charge on any atom is 0.311 e. The van der Waals surface area contributed by atoms with Crippen LogP contribution in [0.15, 0.2) is 0 Å². The maximum absolute atomic E-state index is 14.3. The number of cyclic esters (lactones) is 1. The molecule has 0 aromatic carbocycles. The minimum Gasteiger partial charge on any atom is -0.456 e. The largest absolute Gasteiger partial charge is 0.456 e. The zero-order valence-corrected chi connectivity index (χ0v) is 35.6. The van der Waals surface area contributed by atoms with E-state index in [0.717, 1.165) is 0 Å². The predicted octanol–water partition coefficient (Wildman–Crippen LogP) is 2.60. The molecule has 3 aliphatic heterocycles. The molecule has 3 saturated heterocycles. The number of aliphatic hydroxyl groups is 5. The first kappa shape index (κ1) is 48.6. The lowest BCUT2D eigenvalue weighted by Gasteiger charge is -2.49. The molecular weight excluding hydrogens is 728 g/mol. The minimum absolute atomic E-state index is 0.0153. The highest BCUT2D eigenvalue weighted by Crippen LogP contribution is 2.41. The van der Waals surface area contributed by atoms with Crippen molar-refractivity contribution in [3.63, 3.8) is 0 Å². The van der Waals surface area contributed by atoms with Crippen LogP contribution in [0.2, 0.25) is 0 Å². The summed E-state index contributed by atoms with van der Waals surface area (Å²) in [6, 6.07) is -0.392. The molecule has 56 heavy (non-hydrogen) atoms. The van der Waals surface area contributed by atoms with Crippen LogP contribution in [-0.2, 0) is 38.0 Å². The van der Waals surface area contributed by atoms with Gasteiger partial charge in [0.05, 0.1) is 41.5 Å². The molecular formula is C41H72N2O13. The number of nitrogens with one attached hydrogen (secondary N) is 1. The van der Waals surface area contributed by atoms with E-state index in [0.29, 0.717) is 19.4 Å². The van der Waals surface area contributed by atoms with E-state index in [2.05, 4.69) is 5.92 Å². The molecule has 6 N–H and O–H groups in total. The van der Waals surface area contributed by atoms with Gasteiger partial charge in [-0.3, -0.25) is 9.69 Å². The van der Waals surface area contributed by atoms with Crippen LogP contribution in [-0.4, -0.2) is 154 Å². The van der Waals surface area contributed by atoms with Crippen molar-refractivity contribution in [1.29, 1.82) is 5.41 Å². The Balaban J connectivity index is 2.21. The lowest BCUT2D eigenvalue weighted by atomic mass is 9.74. The molecule has 0 radical (unpaired) electrons. The van der Waals surface area contributed by atoms with Crippen molar-refractivity contribution >= 4 is 11.7 Å². The van der Waals surface area contributed by atoms with Gasteiger partial charge in [-0.2, -0.15) is 0 Å². The highest BCUT2D eigenvalue weighted by Gasteiger charge is 2.54. The molecule has 15 nitrogen and oxygen atoms in total. The first-order valence-electron chi connectivity index (χ1n) is 20.3. The van der Waals surface area contributed by atoms with Crippen molar-refractivity contribution in [3.05, 3.63) is 0 Å². The summed E-state index contributed by atoms with van der Waals surface area (Å²) < 4.78 is 43.2. The smallest absolute Gasteiger partial charge is 0.311 e. The lowest BCUT2D eigenvalue weighted by Crippen LogP contribution is -2.62. The van der Waals surface area contributed by atoms with Crippen LogP contribution in [0.1, 0.15) is 101 Å². The number of hydrogen-bond donors (Lipinski definition) is 6. The van der Waals surface area contributed by atoms with Crippen LogP contribution in [0.4, 0.5) is 0 Å². The molecule has 324 valence electrons. The Morgan fingerprint density at radius 2 is 1.62 bits per heavy atom. The van der Waals surface area contributed by atoms with Crippen LogP contribution in [0.3, 0.4) is 0 Å². The van der Waals surface area contributed by atoms with Crippen LogP contribution < -0.4 is 0 Å². The van der Waals surface area contributed by atoms with E-state index < -0.39 is 108 Å². The normalized spacial score (nSPS) is 46.2. The molecule has 0 spiro atoms. The molecule has 18 atom stereocenters. The third-order valence-corrected chi connectivity index (χ3v) is 12.4. The van der Waals surface area contributed by atoms with E-state index in [-0.39, 0.29) is 37.7 Å². The van der Waals surface area contributed by atoms with Crippen LogP contribution in [0.5, 0.6) is 0 Å². The van der Waals surface area contributed by atoms with E-state index in [1.165, 1.54) is 7.11 Å². The van der Waals surface area contributed by atoms with Gasteiger partial charge in [-0.1, -0.05) is 27.7 Å². The van der Waals surface area contributed by atoms with Gasteiger partial charge >= 0.3 is 5.97 Å². The SMILES string of the molecule is C#CCCN(C)[C@H]1C[C@@H](C)O[C@@H](O[C@@H]2[C@@H](C)[C@H](OC3C[C@@](C)(OC)[C@@H](O)[C@H](C)O3)[C@@H](C)C(=O)O[C@H](CC)[C@](O)(OCC)[C@H](O)[C@@H](C)C(=N)[C@H](C)C[C@@]2(C)O)[C@@H]1O. The number of carbonyl (C=O) groups is 1. The van der Waals surface area contributed by atoms with Gasteiger partial charge in [0.1, 0.15) is 18.3 Å². The first-order chi connectivity index (χ1) is 26.0. The van der Waals surface area contributed by atoms with Crippen molar-refractivity contribution in [2.24, 2.45) is 23.7 Å². The Labute approximate surface area is 334 Å². The molecule has 0 aromatic heterocycles. The van der Waals surface area contributed by atoms with Crippen LogP contribution in [0.25, 0.3) is 0 Å². The monoisotopic (exact) mass is 801 g/mol. The summed E-state index contributed by atoms with van der Waals surface area (Å²) in [7, 11) is 3.35. The number of terminal acetylenes is 1. The fourth-order valence-electron chi connectivity index (χ4n) is 8.87. The van der Waals surface area contributed by atoms with Crippen molar-refractivity contribution < 1.29 is 63.5 Å². The van der Waals surface area contributed by atoms with Crippen LogP contribution in [0, 0.1) is 41.4 Å². The third kappa shape index (κ3) is 10.7. The third-order valence-electron chi connectivity index (χ3n) is 12.4. The number of carbonyl (C=O) groups excluding carboxylic acids is 1. The zero-order valence-electron chi connectivity index (χ0n) is 35.6. The number of likely N-dealkylation sites (N-methyl/N-ethyl adjacent to an activating group) is 1. The summed E-state index contributed by atoms with van der Waals surface area (Å²) in [6.07, 6.45) is -4.24. The minimum atomic E-state index is -2.38. The Hall–Kier alpha value is -1.78. The van der Waals surface area contributed by atoms with Crippen LogP contribution >= 0.6 is 0 Å². The van der Waals surface area contributed by atoms with Crippen molar-refractivity contribution in [2.75, 3.05) is 27.3 Å². The van der Waals surface area contributed by atoms with E-state index >= 15 is 0 Å². The molecule has 0 saturated carbocycles. The average molecular weight is 801 g/mol. The second kappa shape index (κ2) is 20.0. The first-order valence-corrected chi connectivity index (χ1v) is 20.3. The van der Waals surface area contributed by atoms with Gasteiger partial charge in [0.25, 0.3) is 0 Å². The Morgan fingerprint density at radius 3 is 2.20 bits per heavy atom. The predicted molar refractivity (Wildman–Crippen MR) is 207 cm³/mol. The molecule has 0 bridgehead atoms. The van der Waals surface area contributed by atoms with Crippen molar-refractivity contribution in [1.82, 2.24) is 4.90 Å². The van der Waals surface area contributed by atoms with Gasteiger partial charge in [0.15, 0.2) is 18.7 Å². The van der Waals surface area contributed by atoms with E-state index in [1.54, 1.807) is 62.3 Å². The fraction of sp³-hybridized carbons (Fsp3) is 0.902. The molecule has 3 heterocycles. The highest BCUT2D eigenvalue weighted by molar-refractivity contribution is 5.86. The number of methoxy groups -OCH3 is 1. The van der Waals surface area contributed by atoms with Gasteiger partial charge < -0.3 is 64.1 Å². The molecule has 0 aromatic rings. The number of esters is 1. The summed E-state index contributed by atoms with van der Waals surface area (Å²) in [5.41, 5.74) is -2.83. The van der Waals surface area contributed by atoms with E-state index in [1.807, 2.05) is 18.9 Å². The van der Waals surface area contributed by atoms with Gasteiger partial charge in [-0.05, 0) is 73.8 Å². The summed E-state index contributed by atoms with van der Waals surface area (Å²) in [5.74, 6) is -4.19. The van der Waals surface area contributed by atoms with Gasteiger partial charge in [-0.25, -0.2) is 0 Å². The fourth-order valence-corrected chi connectivity index (χ4v) is 8.87. The molecule has 3 rings (SSSR count). The number of rotatable bonds is 11. The molecule has 3 fully saturated rings. The highest BCUT2D eigenvalue weighted by atomic mass is 16.7. The van der Waals surface area contributed by atoms with Gasteiger partial charge in [-0.15, -0.1) is 12.3 Å². The van der Waals surface area contributed by atoms with Gasteiger partial charge in [0.2, 0.25) is 5.79 Å². The molecule has 3 aliphatic rings. The zero-order chi connectivity index (χ0) is 42.5. The second-order valence-electron chi connectivity index (χ2n) is 17.0. The van der Waals surface area contributed by atoms with Crippen molar-refractivity contribution in [3.8, 4) is 12.3 Å². The summed E-state index contributed by atoms with van der Waals surface area (Å²) in [4.78, 5) is 16.3. The molecule has 15 heteroatoms. The van der Waals surface area contributed by atoms with E-state index in [9.17, 15) is 30.3 Å².